The first-order valence-corrected chi connectivity index (χ1v) is 14.3. The molecule has 4 atom stereocenters. The number of guanidine groups is 1. The van der Waals surface area contributed by atoms with Crippen LogP contribution in [0.25, 0.3) is 0 Å². The summed E-state index contributed by atoms with van der Waals surface area (Å²) in [7, 11) is 0. The molecule has 14 heteroatoms. The third kappa shape index (κ3) is 15.8. The van der Waals surface area contributed by atoms with E-state index in [1.807, 2.05) is 34.6 Å². The number of nitrogens with two attached hydrogens (primary N) is 3. The van der Waals surface area contributed by atoms with E-state index in [1.54, 1.807) is 0 Å². The van der Waals surface area contributed by atoms with Crippen molar-refractivity contribution >= 4 is 35.6 Å². The summed E-state index contributed by atoms with van der Waals surface area (Å²) in [6.45, 7) is 11.9. The van der Waals surface area contributed by atoms with Crippen LogP contribution in [-0.2, 0) is 24.0 Å². The molecule has 1 fully saturated rings. The molecule has 0 aromatic heterocycles. The zero-order valence-electron chi connectivity index (χ0n) is 25.4. The van der Waals surface area contributed by atoms with Gasteiger partial charge in [-0.2, -0.15) is 0 Å². The summed E-state index contributed by atoms with van der Waals surface area (Å²) in [6.07, 6.45) is 2.84. The fourth-order valence-electron chi connectivity index (χ4n) is 4.43. The van der Waals surface area contributed by atoms with Crippen LogP contribution in [0.3, 0.4) is 0 Å². The lowest BCUT2D eigenvalue weighted by molar-refractivity contribution is -0.142. The molecule has 0 saturated carbocycles. The number of rotatable bonds is 15. The average Bonchev–Trinajstić information content (AvgIpc) is 3.34. The molecule has 41 heavy (non-hydrogen) atoms. The molecular formula is C27H52N8O6. The molecule has 1 aliphatic heterocycles. The molecule has 14 nitrogen and oxygen atoms in total. The van der Waals surface area contributed by atoms with Crippen molar-refractivity contribution in [2.24, 2.45) is 34.0 Å². The molecule has 1 saturated heterocycles. The molecule has 0 radical (unpaired) electrons. The summed E-state index contributed by atoms with van der Waals surface area (Å²) in [4.78, 5) is 66.6. The van der Waals surface area contributed by atoms with Crippen LogP contribution in [0.1, 0.15) is 80.1 Å². The summed E-state index contributed by atoms with van der Waals surface area (Å²) in [5.41, 5.74) is 16.8. The maximum absolute atomic E-state index is 13.6. The maximum atomic E-state index is 13.6. The second-order valence-electron chi connectivity index (χ2n) is 11.0. The number of aliphatic imine (C=N–C) groups is 1. The van der Waals surface area contributed by atoms with Crippen molar-refractivity contribution < 1.29 is 29.1 Å². The second kappa shape index (κ2) is 19.6. The monoisotopic (exact) mass is 584 g/mol. The predicted octanol–water partition coefficient (Wildman–Crippen LogP) is -0.353. The first-order valence-electron chi connectivity index (χ1n) is 14.3. The summed E-state index contributed by atoms with van der Waals surface area (Å²) in [5.74, 6) is -1.97. The Kier molecular flexibility index (Phi) is 18.0. The molecule has 1 heterocycles. The highest BCUT2D eigenvalue weighted by Gasteiger charge is 2.38. The molecule has 0 spiro atoms. The Hall–Kier alpha value is -3.42. The number of hydrogen-bond acceptors (Lipinski definition) is 7. The first-order chi connectivity index (χ1) is 19.1. The van der Waals surface area contributed by atoms with Crippen LogP contribution in [0.5, 0.6) is 0 Å². The molecule has 236 valence electrons. The van der Waals surface area contributed by atoms with E-state index in [1.165, 1.54) is 4.90 Å². The van der Waals surface area contributed by atoms with Gasteiger partial charge >= 0.3 is 0 Å². The molecule has 0 aromatic rings. The Balaban J connectivity index is 0.00000373. The summed E-state index contributed by atoms with van der Waals surface area (Å²) in [6, 6.07) is -3.06. The van der Waals surface area contributed by atoms with E-state index in [2.05, 4.69) is 20.9 Å². The highest BCUT2D eigenvalue weighted by molar-refractivity contribution is 5.95. The van der Waals surface area contributed by atoms with Gasteiger partial charge in [-0.15, -0.1) is 0 Å². The number of carboxylic acid groups (broad SMARTS) is 1. The van der Waals surface area contributed by atoms with Crippen LogP contribution >= 0.6 is 0 Å². The zero-order chi connectivity index (χ0) is 31.7. The molecule has 0 aliphatic carbocycles. The van der Waals surface area contributed by atoms with Gasteiger partial charge < -0.3 is 43.2 Å². The number of carboxylic acids is 1. The maximum Gasteiger partial charge on any atom is 0.300 e. The number of aliphatic carboxylic acids is 1. The molecule has 10 N–H and O–H groups in total. The summed E-state index contributed by atoms with van der Waals surface area (Å²) in [5, 5.41) is 15.8. The Morgan fingerprint density at radius 1 is 0.976 bits per heavy atom. The number of nitrogens with zero attached hydrogens (tertiary/aromatic N) is 2. The van der Waals surface area contributed by atoms with Gasteiger partial charge in [0, 0.05) is 26.6 Å². The quantitative estimate of drug-likeness (QED) is 0.0755. The van der Waals surface area contributed by atoms with Crippen LogP contribution in [0.2, 0.25) is 0 Å². The minimum atomic E-state index is -0.896. The molecule has 1 aliphatic rings. The number of likely N-dealkylation sites (tertiary alicyclic amines) is 1. The van der Waals surface area contributed by atoms with E-state index in [9.17, 15) is 19.2 Å². The van der Waals surface area contributed by atoms with Gasteiger partial charge in [0.2, 0.25) is 23.6 Å². The lowest BCUT2D eigenvalue weighted by atomic mass is 10.00. The van der Waals surface area contributed by atoms with Gasteiger partial charge in [-0.3, -0.25) is 29.0 Å². The fraction of sp³-hybridized carbons (Fsp3) is 0.778. The number of hydrogen-bond donors (Lipinski definition) is 7. The molecule has 0 bridgehead atoms. The molecule has 1 unspecified atom stereocenters. The number of amides is 4. The van der Waals surface area contributed by atoms with Crippen molar-refractivity contribution in [1.29, 1.82) is 0 Å². The number of carbonyl (C=O) groups is 5. The van der Waals surface area contributed by atoms with Gasteiger partial charge in [-0.25, -0.2) is 0 Å². The lowest BCUT2D eigenvalue weighted by Gasteiger charge is -2.30. The highest BCUT2D eigenvalue weighted by atomic mass is 16.4. The topological polar surface area (TPSA) is 235 Å². The minimum absolute atomic E-state index is 0.0554. The minimum Gasteiger partial charge on any atom is -0.481 e. The van der Waals surface area contributed by atoms with Crippen LogP contribution in [0.15, 0.2) is 4.99 Å². The third-order valence-electron chi connectivity index (χ3n) is 6.15. The van der Waals surface area contributed by atoms with Gasteiger partial charge in [-0.1, -0.05) is 27.7 Å². The van der Waals surface area contributed by atoms with Crippen molar-refractivity contribution in [2.75, 3.05) is 19.6 Å². The normalized spacial score (nSPS) is 16.6. The molecule has 1 rings (SSSR count). The third-order valence-corrected chi connectivity index (χ3v) is 6.15. The summed E-state index contributed by atoms with van der Waals surface area (Å²) >= 11 is 0. The Labute approximate surface area is 243 Å². The first kappa shape index (κ1) is 37.6. The Morgan fingerprint density at radius 3 is 2.05 bits per heavy atom. The number of nitrogens with one attached hydrogen (secondary N) is 3. The van der Waals surface area contributed by atoms with Crippen molar-refractivity contribution in [1.82, 2.24) is 20.9 Å². The van der Waals surface area contributed by atoms with E-state index >= 15 is 0 Å². The second-order valence-corrected chi connectivity index (χ2v) is 11.0. The smallest absolute Gasteiger partial charge is 0.300 e. The van der Waals surface area contributed by atoms with Crippen LogP contribution in [0, 0.1) is 11.8 Å². The van der Waals surface area contributed by atoms with E-state index in [0.29, 0.717) is 45.2 Å². The SMILES string of the molecule is CC(=O)O.CCNC(=O)[C@@H]1CCCN1C(=O)[C@H](CCCN=C(N)N)NC(=O)[C@H](CC(C)C)NC(=O)C(N)CC(C)C. The number of likely N-dealkylation sites (N-methyl/N-ethyl adjacent to an activating group) is 1. The van der Waals surface area contributed by atoms with E-state index in [0.717, 1.165) is 6.92 Å². The van der Waals surface area contributed by atoms with Gasteiger partial charge in [0.15, 0.2) is 5.96 Å². The van der Waals surface area contributed by atoms with E-state index in [4.69, 9.17) is 27.1 Å². The zero-order valence-corrected chi connectivity index (χ0v) is 25.4. The van der Waals surface area contributed by atoms with E-state index < -0.39 is 42.0 Å². The van der Waals surface area contributed by atoms with Gasteiger partial charge in [-0.05, 0) is 57.3 Å². The van der Waals surface area contributed by atoms with Crippen molar-refractivity contribution in [3.05, 3.63) is 0 Å². The van der Waals surface area contributed by atoms with Crippen LogP contribution in [-0.4, -0.2) is 89.4 Å². The van der Waals surface area contributed by atoms with Gasteiger partial charge in [0.05, 0.1) is 6.04 Å². The summed E-state index contributed by atoms with van der Waals surface area (Å²) < 4.78 is 0. The van der Waals surface area contributed by atoms with Crippen LogP contribution in [0.4, 0.5) is 0 Å². The molecule has 0 aromatic carbocycles. The van der Waals surface area contributed by atoms with Gasteiger partial charge in [0.1, 0.15) is 18.1 Å². The predicted molar refractivity (Wildman–Crippen MR) is 157 cm³/mol. The lowest BCUT2D eigenvalue weighted by Crippen LogP contribution is -2.58. The van der Waals surface area contributed by atoms with Gasteiger partial charge in [0.25, 0.3) is 5.97 Å². The fourth-order valence-corrected chi connectivity index (χ4v) is 4.43. The standard InChI is InChI=1S/C25H48N8O4.C2H4O2/c1-6-29-23(36)20-10-8-12-33(20)24(37)18(9-7-11-30-25(27)28)31-22(35)19(14-16(4)5)32-21(34)17(26)13-15(2)3;1-2(3)4/h15-20H,6-14,26H2,1-5H3,(H,29,36)(H,31,35)(H,32,34)(H4,27,28,30);1H3,(H,3,4)/t17?,18-,19-,20-;/m0./s1. The van der Waals surface area contributed by atoms with Crippen LogP contribution < -0.4 is 33.2 Å². The van der Waals surface area contributed by atoms with Crippen molar-refractivity contribution in [3.8, 4) is 0 Å². The molecular weight excluding hydrogens is 532 g/mol. The number of carbonyl (C=O) groups excluding carboxylic acids is 4. The Bertz CT molecular complexity index is 887. The van der Waals surface area contributed by atoms with Crippen molar-refractivity contribution in [3.63, 3.8) is 0 Å². The van der Waals surface area contributed by atoms with Crippen molar-refractivity contribution in [2.45, 2.75) is 104 Å². The largest absolute Gasteiger partial charge is 0.481 e. The Morgan fingerprint density at radius 2 is 1.54 bits per heavy atom. The molecule has 4 amide bonds. The average molecular weight is 585 g/mol. The van der Waals surface area contributed by atoms with E-state index in [-0.39, 0.29) is 42.6 Å². The highest BCUT2D eigenvalue weighted by Crippen LogP contribution is 2.20.